The molecule has 160 valence electrons. The van der Waals surface area contributed by atoms with Gasteiger partial charge in [0.15, 0.2) is 11.5 Å². The second-order valence-corrected chi connectivity index (χ2v) is 6.84. The summed E-state index contributed by atoms with van der Waals surface area (Å²) in [5.74, 6) is 0.939. The van der Waals surface area contributed by atoms with Crippen molar-refractivity contribution in [3.63, 3.8) is 0 Å². The average molecular weight is 436 g/mol. The van der Waals surface area contributed by atoms with Gasteiger partial charge >= 0.3 is 6.61 Å². The lowest BCUT2D eigenvalue weighted by atomic mass is 10.2. The number of hydrogen-bond acceptors (Lipinski definition) is 6. The summed E-state index contributed by atoms with van der Waals surface area (Å²) in [6.07, 6.45) is 1.65. The first-order valence-electron chi connectivity index (χ1n) is 9.01. The highest BCUT2D eigenvalue weighted by Gasteiger charge is 2.13. The predicted octanol–water partition coefficient (Wildman–Crippen LogP) is 4.11. The third-order valence-electron chi connectivity index (χ3n) is 4.35. The highest BCUT2D eigenvalue weighted by atomic mass is 32.1. The Morgan fingerprint density at radius 1 is 1.07 bits per heavy atom. The summed E-state index contributed by atoms with van der Waals surface area (Å²) in [5.41, 5.74) is 1.67. The molecule has 30 heavy (non-hydrogen) atoms. The summed E-state index contributed by atoms with van der Waals surface area (Å²) in [6, 6.07) is 12.4. The lowest BCUT2D eigenvalue weighted by molar-refractivity contribution is -0.0512. The standard InChI is InChI=1S/C20H22F2N4O3S/c1-24(11-14-8-9-17(29-19(21)22)18(10-14)28-3)13-26-20(30)25(12-23-26)15-6-4-5-7-16(15)27-2/h4-10,12,19H,11,13H2,1-3H3. The van der Waals surface area contributed by atoms with Crippen molar-refractivity contribution >= 4 is 12.2 Å². The van der Waals surface area contributed by atoms with E-state index < -0.39 is 6.61 Å². The molecule has 1 aromatic heterocycles. The number of alkyl halides is 2. The minimum atomic E-state index is -2.91. The van der Waals surface area contributed by atoms with Gasteiger partial charge in [0.05, 0.1) is 26.6 Å². The Balaban J connectivity index is 1.74. The zero-order chi connectivity index (χ0) is 21.7. The molecule has 0 unspecified atom stereocenters. The molecule has 7 nitrogen and oxygen atoms in total. The van der Waals surface area contributed by atoms with Crippen LogP contribution in [0.1, 0.15) is 5.56 Å². The molecule has 0 spiro atoms. The van der Waals surface area contributed by atoms with E-state index in [0.717, 1.165) is 11.3 Å². The Morgan fingerprint density at radius 3 is 2.50 bits per heavy atom. The molecule has 0 atom stereocenters. The van der Waals surface area contributed by atoms with E-state index in [9.17, 15) is 8.78 Å². The zero-order valence-electron chi connectivity index (χ0n) is 16.8. The zero-order valence-corrected chi connectivity index (χ0v) is 17.6. The predicted molar refractivity (Wildman–Crippen MR) is 110 cm³/mol. The second-order valence-electron chi connectivity index (χ2n) is 6.47. The molecular formula is C20H22F2N4O3S. The van der Waals surface area contributed by atoms with Gasteiger partial charge in [-0.3, -0.25) is 9.47 Å². The van der Waals surface area contributed by atoms with E-state index in [2.05, 4.69) is 9.84 Å². The fourth-order valence-corrected chi connectivity index (χ4v) is 3.27. The van der Waals surface area contributed by atoms with Crippen molar-refractivity contribution in [2.45, 2.75) is 19.8 Å². The molecule has 0 radical (unpaired) electrons. The maximum absolute atomic E-state index is 12.5. The molecule has 0 aliphatic carbocycles. The van der Waals surface area contributed by atoms with Gasteiger partial charge in [0, 0.05) is 6.54 Å². The van der Waals surface area contributed by atoms with Crippen molar-refractivity contribution in [2.75, 3.05) is 21.3 Å². The monoisotopic (exact) mass is 436 g/mol. The van der Waals surface area contributed by atoms with Crippen molar-refractivity contribution in [2.24, 2.45) is 0 Å². The van der Waals surface area contributed by atoms with Crippen molar-refractivity contribution < 1.29 is 23.0 Å². The normalized spacial score (nSPS) is 11.2. The maximum atomic E-state index is 12.5. The Bertz CT molecular complexity index is 1050. The van der Waals surface area contributed by atoms with Crippen molar-refractivity contribution in [3.05, 3.63) is 59.1 Å². The van der Waals surface area contributed by atoms with E-state index in [1.165, 1.54) is 13.2 Å². The van der Waals surface area contributed by atoms with E-state index in [-0.39, 0.29) is 11.5 Å². The highest BCUT2D eigenvalue weighted by molar-refractivity contribution is 7.71. The summed E-state index contributed by atoms with van der Waals surface area (Å²) in [5, 5.41) is 4.38. The van der Waals surface area contributed by atoms with Crippen molar-refractivity contribution in [1.82, 2.24) is 19.2 Å². The molecule has 3 aromatic rings. The number of hydrogen-bond donors (Lipinski definition) is 0. The van der Waals surface area contributed by atoms with Crippen LogP contribution in [-0.2, 0) is 13.2 Å². The molecular weight excluding hydrogens is 414 g/mol. The van der Waals surface area contributed by atoms with E-state index in [1.54, 1.807) is 34.8 Å². The number of nitrogens with zero attached hydrogens (tertiary/aromatic N) is 4. The molecule has 1 heterocycles. The molecule has 0 fully saturated rings. The molecule has 0 aliphatic heterocycles. The minimum Gasteiger partial charge on any atom is -0.495 e. The average Bonchev–Trinajstić information content (AvgIpc) is 3.08. The number of benzene rings is 2. The fourth-order valence-electron chi connectivity index (χ4n) is 3.02. The summed E-state index contributed by atoms with van der Waals surface area (Å²) >= 11 is 5.57. The number of aromatic nitrogens is 3. The van der Waals surface area contributed by atoms with Gasteiger partial charge in [0.2, 0.25) is 4.77 Å². The third-order valence-corrected chi connectivity index (χ3v) is 4.76. The van der Waals surface area contributed by atoms with Crippen LogP contribution in [0.25, 0.3) is 5.69 Å². The molecule has 0 saturated carbocycles. The summed E-state index contributed by atoms with van der Waals surface area (Å²) in [7, 11) is 4.91. The number of ether oxygens (including phenoxy) is 3. The second kappa shape index (κ2) is 9.68. The van der Waals surface area contributed by atoms with E-state index >= 15 is 0 Å². The van der Waals surface area contributed by atoms with Gasteiger partial charge in [-0.25, -0.2) is 4.68 Å². The van der Waals surface area contributed by atoms with Crippen LogP contribution >= 0.6 is 12.2 Å². The SMILES string of the molecule is COc1cc(CN(C)Cn2ncn(-c3ccccc3OC)c2=S)ccc1OC(F)F. The summed E-state index contributed by atoms with van der Waals surface area (Å²) in [6.45, 7) is -1.96. The van der Waals surface area contributed by atoms with Gasteiger partial charge in [-0.1, -0.05) is 18.2 Å². The van der Waals surface area contributed by atoms with Crippen LogP contribution < -0.4 is 14.2 Å². The van der Waals surface area contributed by atoms with Crippen molar-refractivity contribution in [3.8, 4) is 22.9 Å². The molecule has 0 aliphatic rings. The number of rotatable bonds is 9. The van der Waals surface area contributed by atoms with Gasteiger partial charge in [-0.05, 0) is 49.1 Å². The van der Waals surface area contributed by atoms with Crippen LogP contribution in [0.3, 0.4) is 0 Å². The topological polar surface area (TPSA) is 53.7 Å². The molecule has 10 heteroatoms. The van der Waals surface area contributed by atoms with Gasteiger partial charge in [-0.15, -0.1) is 0 Å². The van der Waals surface area contributed by atoms with Gasteiger partial charge in [-0.2, -0.15) is 13.9 Å². The van der Waals surface area contributed by atoms with E-state index in [4.69, 9.17) is 21.7 Å². The first kappa shape index (κ1) is 21.7. The van der Waals surface area contributed by atoms with Gasteiger partial charge in [0.25, 0.3) is 0 Å². The number of halogens is 2. The van der Waals surface area contributed by atoms with E-state index in [1.807, 2.05) is 36.2 Å². The van der Waals surface area contributed by atoms with Crippen LogP contribution in [-0.4, -0.2) is 47.1 Å². The molecule has 0 N–H and O–H groups in total. The lowest BCUT2D eigenvalue weighted by Gasteiger charge is -2.18. The molecule has 3 rings (SSSR count). The van der Waals surface area contributed by atoms with Gasteiger partial charge in [0.1, 0.15) is 12.1 Å². The Kier molecular flexibility index (Phi) is 7.01. The van der Waals surface area contributed by atoms with Crippen LogP contribution in [0.5, 0.6) is 17.2 Å². The molecule has 0 saturated heterocycles. The Morgan fingerprint density at radius 2 is 1.80 bits per heavy atom. The number of para-hydroxylation sites is 2. The van der Waals surface area contributed by atoms with Crippen LogP contribution in [0, 0.1) is 4.77 Å². The van der Waals surface area contributed by atoms with Crippen molar-refractivity contribution in [1.29, 1.82) is 0 Å². The lowest BCUT2D eigenvalue weighted by Crippen LogP contribution is -2.22. The quantitative estimate of drug-likeness (QED) is 0.471. The minimum absolute atomic E-state index is 0.00308. The summed E-state index contributed by atoms with van der Waals surface area (Å²) < 4.78 is 44.0. The first-order chi connectivity index (χ1) is 14.4. The van der Waals surface area contributed by atoms with E-state index in [0.29, 0.717) is 23.7 Å². The first-order valence-corrected chi connectivity index (χ1v) is 9.42. The largest absolute Gasteiger partial charge is 0.495 e. The van der Waals surface area contributed by atoms with Crippen LogP contribution in [0.2, 0.25) is 0 Å². The summed E-state index contributed by atoms with van der Waals surface area (Å²) in [4.78, 5) is 1.98. The Labute approximate surface area is 178 Å². The molecule has 2 aromatic carbocycles. The Hall–Kier alpha value is -2.98. The van der Waals surface area contributed by atoms with Crippen LogP contribution in [0.15, 0.2) is 48.8 Å². The van der Waals surface area contributed by atoms with Crippen LogP contribution in [0.4, 0.5) is 8.78 Å². The molecule has 0 amide bonds. The number of methoxy groups -OCH3 is 2. The molecule has 0 bridgehead atoms. The fraction of sp³-hybridized carbons (Fsp3) is 0.300. The third kappa shape index (κ3) is 4.95. The maximum Gasteiger partial charge on any atom is 0.387 e. The van der Waals surface area contributed by atoms with Gasteiger partial charge < -0.3 is 14.2 Å². The smallest absolute Gasteiger partial charge is 0.387 e. The highest BCUT2D eigenvalue weighted by Crippen LogP contribution is 2.30.